The largest absolute Gasteiger partial charge is 0.508 e. The lowest BCUT2D eigenvalue weighted by atomic mass is 10.1. The molecule has 6 heteroatoms. The molecule has 0 N–H and O–H groups in total. The Morgan fingerprint density at radius 2 is 2.06 bits per heavy atom. The van der Waals surface area contributed by atoms with Crippen LogP contribution < -0.4 is 0 Å². The highest BCUT2D eigenvalue weighted by Crippen LogP contribution is 2.21. The Morgan fingerprint density at radius 3 is 2.47 bits per heavy atom. The molecule has 17 heavy (non-hydrogen) atoms. The second-order valence-electron chi connectivity index (χ2n) is 3.08. The topological polar surface area (TPSA) is 78.7 Å². The summed E-state index contributed by atoms with van der Waals surface area (Å²) < 4.78 is 9.23. The van der Waals surface area contributed by atoms with Crippen molar-refractivity contribution in [3.8, 4) is 0 Å². The molecule has 0 aliphatic carbocycles. The van der Waals surface area contributed by atoms with Crippen molar-refractivity contribution in [2.75, 3.05) is 7.11 Å². The molecule has 0 amide bonds. The van der Waals surface area contributed by atoms with Crippen LogP contribution in [-0.2, 0) is 9.47 Å². The molecular weight excluding hydrogens is 226 g/mol. The number of benzene rings is 1. The van der Waals surface area contributed by atoms with Crippen molar-refractivity contribution in [1.82, 2.24) is 0 Å². The van der Waals surface area contributed by atoms with Gasteiger partial charge < -0.3 is 9.47 Å². The van der Waals surface area contributed by atoms with Crippen molar-refractivity contribution >= 4 is 11.8 Å². The quantitative estimate of drug-likeness (QED) is 0.348. The monoisotopic (exact) mass is 237 g/mol. The summed E-state index contributed by atoms with van der Waals surface area (Å²) in [4.78, 5) is 20.9. The first-order chi connectivity index (χ1) is 8.08. The minimum absolute atomic E-state index is 0.0327. The van der Waals surface area contributed by atoms with Crippen LogP contribution in [0.1, 0.15) is 11.7 Å². The predicted molar refractivity (Wildman–Crippen MR) is 59.5 cm³/mol. The van der Waals surface area contributed by atoms with Gasteiger partial charge in [0.1, 0.15) is 6.10 Å². The third kappa shape index (κ3) is 3.30. The number of ether oxygens (including phenoxy) is 2. The molecule has 1 atom stereocenters. The average Bonchev–Trinajstić information content (AvgIpc) is 2.35. The van der Waals surface area contributed by atoms with Crippen LogP contribution in [0.2, 0.25) is 0 Å². The molecule has 0 heterocycles. The third-order valence-corrected chi connectivity index (χ3v) is 2.04. The molecule has 1 unspecified atom stereocenters. The summed E-state index contributed by atoms with van der Waals surface area (Å²) in [6.45, 7) is 3.52. The molecule has 0 aliphatic rings. The van der Waals surface area contributed by atoms with E-state index in [1.165, 1.54) is 37.5 Å². The van der Waals surface area contributed by atoms with E-state index in [0.29, 0.717) is 5.56 Å². The fourth-order valence-corrected chi connectivity index (χ4v) is 1.19. The zero-order chi connectivity index (χ0) is 12.8. The summed E-state index contributed by atoms with van der Waals surface area (Å²) in [6, 6.07) is 5.64. The Bertz CT molecular complexity index is 426. The number of carbonyl (C=O) groups excluding carboxylic acids is 1. The standard InChI is InChI=1S/C11H11NO5/c1-3-10(17-11(13)16-2)8-4-6-9(7-5-8)12(14)15/h3-7,10H,1H2,2H3. The van der Waals surface area contributed by atoms with E-state index in [1.807, 2.05) is 0 Å². The first-order valence-corrected chi connectivity index (χ1v) is 4.70. The van der Waals surface area contributed by atoms with Gasteiger partial charge in [-0.15, -0.1) is 0 Å². The van der Waals surface area contributed by atoms with Crippen molar-refractivity contribution in [2.45, 2.75) is 6.10 Å². The van der Waals surface area contributed by atoms with Gasteiger partial charge in [0, 0.05) is 12.1 Å². The second kappa shape index (κ2) is 5.64. The third-order valence-electron chi connectivity index (χ3n) is 2.04. The van der Waals surface area contributed by atoms with Gasteiger partial charge in [0.2, 0.25) is 0 Å². The fraction of sp³-hybridized carbons (Fsp3) is 0.182. The number of nitrogens with zero attached hydrogens (tertiary/aromatic N) is 1. The summed E-state index contributed by atoms with van der Waals surface area (Å²) >= 11 is 0. The molecule has 0 radical (unpaired) electrons. The van der Waals surface area contributed by atoms with Crippen LogP contribution in [0.15, 0.2) is 36.9 Å². The molecule has 0 spiro atoms. The molecule has 0 bridgehead atoms. The SMILES string of the molecule is C=CC(OC(=O)OC)c1ccc([N+](=O)[O-])cc1. The molecule has 0 aliphatic heterocycles. The summed E-state index contributed by atoms with van der Waals surface area (Å²) in [5.74, 6) is 0. The lowest BCUT2D eigenvalue weighted by molar-refractivity contribution is -0.384. The summed E-state index contributed by atoms with van der Waals surface area (Å²) in [6.07, 6.45) is -0.130. The van der Waals surface area contributed by atoms with Crippen LogP contribution in [0.3, 0.4) is 0 Å². The first-order valence-electron chi connectivity index (χ1n) is 4.70. The van der Waals surface area contributed by atoms with Gasteiger partial charge in [0.05, 0.1) is 12.0 Å². The molecule has 6 nitrogen and oxygen atoms in total. The fourth-order valence-electron chi connectivity index (χ4n) is 1.19. The van der Waals surface area contributed by atoms with Crippen molar-refractivity contribution in [3.63, 3.8) is 0 Å². The highest BCUT2D eigenvalue weighted by atomic mass is 16.7. The minimum atomic E-state index is -0.840. The highest BCUT2D eigenvalue weighted by Gasteiger charge is 2.14. The number of carbonyl (C=O) groups is 1. The van der Waals surface area contributed by atoms with Gasteiger partial charge in [-0.05, 0) is 23.8 Å². The molecule has 1 aromatic carbocycles. The van der Waals surface area contributed by atoms with Gasteiger partial charge in [0.25, 0.3) is 5.69 Å². The van der Waals surface area contributed by atoms with Gasteiger partial charge in [0.15, 0.2) is 0 Å². The molecule has 0 saturated heterocycles. The van der Waals surface area contributed by atoms with E-state index in [-0.39, 0.29) is 5.69 Å². The van der Waals surface area contributed by atoms with Crippen LogP contribution in [0, 0.1) is 10.1 Å². The van der Waals surface area contributed by atoms with Gasteiger partial charge in [-0.2, -0.15) is 0 Å². The van der Waals surface area contributed by atoms with Gasteiger partial charge in [-0.3, -0.25) is 10.1 Å². The van der Waals surface area contributed by atoms with Gasteiger partial charge in [-0.25, -0.2) is 4.79 Å². The summed E-state index contributed by atoms with van der Waals surface area (Å²) in [5.41, 5.74) is 0.547. The lowest BCUT2D eigenvalue weighted by Crippen LogP contribution is -2.09. The molecule has 0 fully saturated rings. The maximum Gasteiger partial charge on any atom is 0.508 e. The average molecular weight is 237 g/mol. The summed E-state index contributed by atoms with van der Waals surface area (Å²) in [7, 11) is 1.19. The number of hydrogen-bond donors (Lipinski definition) is 0. The maximum atomic E-state index is 10.9. The molecule has 1 aromatic rings. The number of non-ortho nitro benzene ring substituents is 1. The van der Waals surface area contributed by atoms with E-state index in [0.717, 1.165) is 0 Å². The highest BCUT2D eigenvalue weighted by molar-refractivity contribution is 5.60. The van der Waals surface area contributed by atoms with Crippen molar-refractivity contribution in [2.24, 2.45) is 0 Å². The van der Waals surface area contributed by atoms with Gasteiger partial charge >= 0.3 is 6.16 Å². The van der Waals surface area contributed by atoms with Crippen LogP contribution >= 0.6 is 0 Å². The normalized spacial score (nSPS) is 11.4. The first kappa shape index (κ1) is 12.7. The molecule has 0 saturated carbocycles. The van der Waals surface area contributed by atoms with Crippen molar-refractivity contribution in [3.05, 3.63) is 52.6 Å². The predicted octanol–water partition coefficient (Wildman–Crippen LogP) is 2.60. The Labute approximate surface area is 97.6 Å². The van der Waals surface area contributed by atoms with E-state index in [9.17, 15) is 14.9 Å². The zero-order valence-electron chi connectivity index (χ0n) is 9.16. The Balaban J connectivity index is 2.85. The van der Waals surface area contributed by atoms with E-state index < -0.39 is 17.2 Å². The van der Waals surface area contributed by atoms with E-state index in [2.05, 4.69) is 11.3 Å². The van der Waals surface area contributed by atoms with E-state index in [1.54, 1.807) is 0 Å². The number of nitro benzene ring substituents is 1. The van der Waals surface area contributed by atoms with Gasteiger partial charge in [-0.1, -0.05) is 6.58 Å². The van der Waals surface area contributed by atoms with E-state index in [4.69, 9.17) is 4.74 Å². The maximum absolute atomic E-state index is 10.9. The summed E-state index contributed by atoms with van der Waals surface area (Å²) in [5, 5.41) is 10.5. The van der Waals surface area contributed by atoms with Crippen molar-refractivity contribution in [1.29, 1.82) is 0 Å². The zero-order valence-corrected chi connectivity index (χ0v) is 9.16. The number of nitro groups is 1. The van der Waals surface area contributed by atoms with E-state index >= 15 is 0 Å². The Morgan fingerprint density at radius 1 is 1.47 bits per heavy atom. The van der Waals surface area contributed by atoms with Crippen LogP contribution in [0.5, 0.6) is 0 Å². The molecule has 90 valence electrons. The van der Waals surface area contributed by atoms with Crippen LogP contribution in [0.25, 0.3) is 0 Å². The minimum Gasteiger partial charge on any atom is -0.438 e. The Kier molecular flexibility index (Phi) is 4.21. The smallest absolute Gasteiger partial charge is 0.438 e. The number of methoxy groups -OCH3 is 1. The van der Waals surface area contributed by atoms with Crippen molar-refractivity contribution < 1.29 is 19.2 Å². The number of rotatable bonds is 4. The number of hydrogen-bond acceptors (Lipinski definition) is 5. The van der Waals surface area contributed by atoms with Crippen LogP contribution in [-0.4, -0.2) is 18.2 Å². The van der Waals surface area contributed by atoms with Crippen LogP contribution in [0.4, 0.5) is 10.5 Å². The molecule has 1 rings (SSSR count). The Hall–Kier alpha value is -2.37. The molecule has 0 aromatic heterocycles. The lowest BCUT2D eigenvalue weighted by Gasteiger charge is -2.12. The second-order valence-corrected chi connectivity index (χ2v) is 3.08. The molecular formula is C11H11NO5.